The van der Waals surface area contributed by atoms with Crippen molar-refractivity contribution in [3.05, 3.63) is 77.9 Å². The van der Waals surface area contributed by atoms with Crippen LogP contribution in [0.2, 0.25) is 0 Å². The summed E-state index contributed by atoms with van der Waals surface area (Å²) in [5, 5.41) is 2.87. The third-order valence-electron chi connectivity index (χ3n) is 5.38. The van der Waals surface area contributed by atoms with Gasteiger partial charge in [-0.25, -0.2) is 4.98 Å². The molecule has 0 fully saturated rings. The van der Waals surface area contributed by atoms with Crippen molar-refractivity contribution >= 4 is 22.7 Å². The highest BCUT2D eigenvalue weighted by Gasteiger charge is 2.12. The van der Waals surface area contributed by atoms with Gasteiger partial charge in [0.25, 0.3) is 5.91 Å². The first-order valence-electron chi connectivity index (χ1n) is 10.5. The van der Waals surface area contributed by atoms with Gasteiger partial charge in [-0.3, -0.25) is 4.79 Å². The van der Waals surface area contributed by atoms with Gasteiger partial charge in [0.05, 0.1) is 0 Å². The molecule has 0 aliphatic rings. The third kappa shape index (κ3) is 4.94. The minimum atomic E-state index is -0.228. The van der Waals surface area contributed by atoms with Gasteiger partial charge in [0, 0.05) is 11.3 Å². The second-order valence-corrected chi connectivity index (χ2v) is 7.79. The molecule has 158 valence electrons. The molecule has 3 aromatic carbocycles. The largest absolute Gasteiger partial charge is 0.484 e. The first-order valence-corrected chi connectivity index (χ1v) is 10.5. The van der Waals surface area contributed by atoms with E-state index in [0.29, 0.717) is 23.2 Å². The zero-order chi connectivity index (χ0) is 21.8. The molecule has 0 aliphatic heterocycles. The standard InChI is InChI=1S/C26H26N2O3/c1-4-18(3)19-10-13-24-23(15-19)28-26(31-24)20-6-5-7-21(14-20)27-25(29)16-30-22-11-8-17(2)9-12-22/h5-15,18H,4,16H2,1-3H3,(H,27,29). The Balaban J connectivity index is 1.46. The maximum absolute atomic E-state index is 12.3. The van der Waals surface area contributed by atoms with Crippen LogP contribution in [0.4, 0.5) is 5.69 Å². The van der Waals surface area contributed by atoms with Crippen molar-refractivity contribution in [1.29, 1.82) is 0 Å². The van der Waals surface area contributed by atoms with E-state index in [9.17, 15) is 4.79 Å². The van der Waals surface area contributed by atoms with Crippen LogP contribution in [-0.2, 0) is 4.79 Å². The molecule has 1 atom stereocenters. The van der Waals surface area contributed by atoms with Gasteiger partial charge in [-0.1, -0.05) is 43.7 Å². The smallest absolute Gasteiger partial charge is 0.262 e. The fraction of sp³-hybridized carbons (Fsp3) is 0.231. The molecule has 5 heteroatoms. The first-order chi connectivity index (χ1) is 15.0. The number of amides is 1. The number of nitrogens with one attached hydrogen (secondary N) is 1. The summed E-state index contributed by atoms with van der Waals surface area (Å²) in [6, 6.07) is 21.2. The summed E-state index contributed by atoms with van der Waals surface area (Å²) in [4.78, 5) is 17.0. The van der Waals surface area contributed by atoms with Crippen LogP contribution in [0, 0.1) is 6.92 Å². The zero-order valence-electron chi connectivity index (χ0n) is 18.0. The van der Waals surface area contributed by atoms with E-state index in [-0.39, 0.29) is 12.5 Å². The van der Waals surface area contributed by atoms with Crippen molar-refractivity contribution in [3.8, 4) is 17.2 Å². The Morgan fingerprint density at radius 3 is 2.68 bits per heavy atom. The van der Waals surface area contributed by atoms with E-state index in [1.54, 1.807) is 0 Å². The summed E-state index contributed by atoms with van der Waals surface area (Å²) >= 11 is 0. The average molecular weight is 415 g/mol. The van der Waals surface area contributed by atoms with Crippen LogP contribution in [0.5, 0.6) is 5.75 Å². The summed E-state index contributed by atoms with van der Waals surface area (Å²) in [5.74, 6) is 1.44. The molecule has 1 aromatic heterocycles. The van der Waals surface area contributed by atoms with Gasteiger partial charge in [0.15, 0.2) is 12.2 Å². The predicted octanol–water partition coefficient (Wildman–Crippen LogP) is 6.33. The van der Waals surface area contributed by atoms with Gasteiger partial charge in [-0.2, -0.15) is 0 Å². The molecule has 4 rings (SSSR count). The number of benzene rings is 3. The minimum absolute atomic E-state index is 0.0609. The number of aryl methyl sites for hydroxylation is 1. The average Bonchev–Trinajstić information content (AvgIpc) is 3.22. The Morgan fingerprint density at radius 1 is 1.10 bits per heavy atom. The zero-order valence-corrected chi connectivity index (χ0v) is 18.0. The molecule has 4 aromatic rings. The van der Waals surface area contributed by atoms with E-state index in [1.807, 2.05) is 61.5 Å². The van der Waals surface area contributed by atoms with Crippen LogP contribution in [0.1, 0.15) is 37.3 Å². The maximum atomic E-state index is 12.3. The number of ether oxygens (including phenoxy) is 1. The summed E-state index contributed by atoms with van der Waals surface area (Å²) in [6.45, 7) is 6.32. The Kier molecular flexibility index (Phi) is 6.03. The maximum Gasteiger partial charge on any atom is 0.262 e. The number of carbonyl (C=O) groups is 1. The van der Waals surface area contributed by atoms with Gasteiger partial charge in [0.1, 0.15) is 11.3 Å². The summed E-state index contributed by atoms with van der Waals surface area (Å²) in [5.41, 5.74) is 5.46. The summed E-state index contributed by atoms with van der Waals surface area (Å²) in [6.07, 6.45) is 1.07. The summed E-state index contributed by atoms with van der Waals surface area (Å²) < 4.78 is 11.5. The van der Waals surface area contributed by atoms with Crippen LogP contribution in [-0.4, -0.2) is 17.5 Å². The number of aromatic nitrogens is 1. The van der Waals surface area contributed by atoms with E-state index in [2.05, 4.69) is 36.3 Å². The molecule has 0 saturated carbocycles. The predicted molar refractivity (Wildman–Crippen MR) is 123 cm³/mol. The number of rotatable bonds is 7. The molecule has 0 radical (unpaired) electrons. The fourth-order valence-corrected chi connectivity index (χ4v) is 3.32. The van der Waals surface area contributed by atoms with Crippen molar-refractivity contribution in [2.24, 2.45) is 0 Å². The summed E-state index contributed by atoms with van der Waals surface area (Å²) in [7, 11) is 0. The van der Waals surface area contributed by atoms with Crippen LogP contribution in [0.25, 0.3) is 22.6 Å². The lowest BCUT2D eigenvalue weighted by Crippen LogP contribution is -2.20. The lowest BCUT2D eigenvalue weighted by Gasteiger charge is -2.08. The highest BCUT2D eigenvalue weighted by atomic mass is 16.5. The second kappa shape index (κ2) is 9.04. The molecule has 1 N–H and O–H groups in total. The van der Waals surface area contributed by atoms with Crippen molar-refractivity contribution in [1.82, 2.24) is 4.98 Å². The van der Waals surface area contributed by atoms with E-state index >= 15 is 0 Å². The Labute approximate surface area is 182 Å². The molecule has 1 amide bonds. The number of hydrogen-bond donors (Lipinski definition) is 1. The van der Waals surface area contributed by atoms with E-state index in [0.717, 1.165) is 28.6 Å². The number of carbonyl (C=O) groups excluding carboxylic acids is 1. The highest BCUT2D eigenvalue weighted by molar-refractivity contribution is 5.92. The van der Waals surface area contributed by atoms with Crippen LogP contribution >= 0.6 is 0 Å². The normalized spacial score (nSPS) is 12.0. The second-order valence-electron chi connectivity index (χ2n) is 7.79. The Bertz CT molecular complexity index is 1190. The molecule has 0 aliphatic carbocycles. The number of fused-ring (bicyclic) bond motifs is 1. The van der Waals surface area contributed by atoms with Gasteiger partial charge in [0.2, 0.25) is 5.89 Å². The Morgan fingerprint density at radius 2 is 1.90 bits per heavy atom. The van der Waals surface area contributed by atoms with E-state index in [4.69, 9.17) is 9.15 Å². The third-order valence-corrected chi connectivity index (χ3v) is 5.38. The van der Waals surface area contributed by atoms with E-state index in [1.165, 1.54) is 5.56 Å². The topological polar surface area (TPSA) is 64.4 Å². The molecular formula is C26H26N2O3. The lowest BCUT2D eigenvalue weighted by atomic mass is 9.98. The van der Waals surface area contributed by atoms with E-state index < -0.39 is 0 Å². The number of oxazole rings is 1. The number of anilines is 1. The minimum Gasteiger partial charge on any atom is -0.484 e. The SMILES string of the molecule is CCC(C)c1ccc2oc(-c3cccc(NC(=O)COc4ccc(C)cc4)c3)nc2c1. The van der Waals surface area contributed by atoms with Crippen molar-refractivity contribution in [2.45, 2.75) is 33.1 Å². The number of nitrogens with zero attached hydrogens (tertiary/aromatic N) is 1. The molecule has 0 saturated heterocycles. The molecule has 5 nitrogen and oxygen atoms in total. The quantitative estimate of drug-likeness (QED) is 0.383. The molecular weight excluding hydrogens is 388 g/mol. The van der Waals surface area contributed by atoms with Crippen LogP contribution in [0.15, 0.2) is 71.1 Å². The molecule has 31 heavy (non-hydrogen) atoms. The molecule has 1 unspecified atom stereocenters. The first kappa shape index (κ1) is 20.7. The molecule has 1 heterocycles. The van der Waals surface area contributed by atoms with Crippen LogP contribution < -0.4 is 10.1 Å². The highest BCUT2D eigenvalue weighted by Crippen LogP contribution is 2.29. The lowest BCUT2D eigenvalue weighted by molar-refractivity contribution is -0.118. The van der Waals surface area contributed by atoms with Gasteiger partial charge in [-0.05, 0) is 67.3 Å². The Hall–Kier alpha value is -3.60. The van der Waals surface area contributed by atoms with Crippen molar-refractivity contribution < 1.29 is 13.9 Å². The number of hydrogen-bond acceptors (Lipinski definition) is 4. The van der Waals surface area contributed by atoms with Gasteiger partial charge < -0.3 is 14.5 Å². The van der Waals surface area contributed by atoms with Crippen molar-refractivity contribution in [3.63, 3.8) is 0 Å². The fourth-order valence-electron chi connectivity index (χ4n) is 3.32. The monoisotopic (exact) mass is 414 g/mol. The molecule has 0 bridgehead atoms. The van der Waals surface area contributed by atoms with Gasteiger partial charge in [-0.15, -0.1) is 0 Å². The molecule has 0 spiro atoms. The van der Waals surface area contributed by atoms with Crippen LogP contribution in [0.3, 0.4) is 0 Å². The van der Waals surface area contributed by atoms with Gasteiger partial charge >= 0.3 is 0 Å². The van der Waals surface area contributed by atoms with Crippen molar-refractivity contribution in [2.75, 3.05) is 11.9 Å².